The molecule has 0 aliphatic carbocycles. The highest BCUT2D eigenvalue weighted by Gasteiger charge is 2.31. The summed E-state index contributed by atoms with van der Waals surface area (Å²) in [6.07, 6.45) is -1.49. The summed E-state index contributed by atoms with van der Waals surface area (Å²) >= 11 is 0. The van der Waals surface area contributed by atoms with Crippen LogP contribution in [0.1, 0.15) is 12.0 Å². The van der Waals surface area contributed by atoms with Crippen LogP contribution in [0.15, 0.2) is 30.3 Å². The Morgan fingerprint density at radius 2 is 2.10 bits per heavy atom. The van der Waals surface area contributed by atoms with Crippen LogP contribution < -0.4 is 10.5 Å². The lowest BCUT2D eigenvalue weighted by atomic mass is 10.2. The van der Waals surface area contributed by atoms with E-state index in [0.29, 0.717) is 13.1 Å². The maximum absolute atomic E-state index is 12.3. The minimum absolute atomic E-state index is 0.0387. The fraction of sp³-hybridized carbons (Fsp3) is 0.357. The van der Waals surface area contributed by atoms with Crippen molar-refractivity contribution in [3.05, 3.63) is 35.9 Å². The lowest BCUT2D eigenvalue weighted by molar-refractivity contribution is -0.274. The Hall–Kier alpha value is -2.02. The lowest BCUT2D eigenvalue weighted by Gasteiger charge is -2.13. The van der Waals surface area contributed by atoms with Gasteiger partial charge in [0.2, 0.25) is 5.91 Å². The van der Waals surface area contributed by atoms with E-state index in [9.17, 15) is 18.0 Å². The Balaban J connectivity index is 2.08. The topological polar surface area (TPSA) is 55.6 Å². The van der Waals surface area contributed by atoms with Gasteiger partial charge in [-0.3, -0.25) is 4.79 Å². The Morgan fingerprint density at radius 3 is 2.71 bits per heavy atom. The summed E-state index contributed by atoms with van der Waals surface area (Å²) in [6.45, 7) is 1.02. The Labute approximate surface area is 120 Å². The van der Waals surface area contributed by atoms with E-state index < -0.39 is 6.36 Å². The van der Waals surface area contributed by atoms with Crippen molar-refractivity contribution in [2.75, 3.05) is 13.1 Å². The molecule has 1 heterocycles. The predicted molar refractivity (Wildman–Crippen MR) is 71.3 cm³/mol. The fourth-order valence-electron chi connectivity index (χ4n) is 2.09. The van der Waals surface area contributed by atoms with Gasteiger partial charge in [-0.2, -0.15) is 0 Å². The third-order valence-corrected chi connectivity index (χ3v) is 3.09. The molecule has 0 radical (unpaired) electrons. The number of nitrogens with zero attached hydrogens (tertiary/aromatic N) is 1. The van der Waals surface area contributed by atoms with Gasteiger partial charge in [0, 0.05) is 30.8 Å². The molecule has 1 fully saturated rings. The number of hydrogen-bond acceptors (Lipinski definition) is 3. The number of nitrogens with two attached hydrogens (primary N) is 1. The summed E-state index contributed by atoms with van der Waals surface area (Å²) in [6, 6.07) is 5.60. The number of rotatable bonds is 3. The summed E-state index contributed by atoms with van der Waals surface area (Å²) in [5.41, 5.74) is 5.89. The zero-order chi connectivity index (χ0) is 15.5. The molecule has 0 unspecified atom stereocenters. The molecular weight excluding hydrogens is 285 g/mol. The summed E-state index contributed by atoms with van der Waals surface area (Å²) in [5, 5.41) is 0. The third-order valence-electron chi connectivity index (χ3n) is 3.09. The Bertz CT molecular complexity index is 543. The van der Waals surface area contributed by atoms with Crippen LogP contribution in [0, 0.1) is 0 Å². The van der Waals surface area contributed by atoms with Crippen LogP contribution in [0.5, 0.6) is 5.75 Å². The molecule has 0 bridgehead atoms. The minimum Gasteiger partial charge on any atom is -0.405 e. The zero-order valence-electron chi connectivity index (χ0n) is 11.1. The van der Waals surface area contributed by atoms with Crippen LogP contribution in [0.25, 0.3) is 6.08 Å². The molecule has 2 rings (SSSR count). The molecule has 1 saturated heterocycles. The van der Waals surface area contributed by atoms with Crippen LogP contribution in [0.4, 0.5) is 13.2 Å². The van der Waals surface area contributed by atoms with Gasteiger partial charge < -0.3 is 15.4 Å². The second-order valence-corrected chi connectivity index (χ2v) is 4.75. The molecule has 114 valence electrons. The van der Waals surface area contributed by atoms with Crippen molar-refractivity contribution in [3.8, 4) is 5.75 Å². The van der Waals surface area contributed by atoms with Crippen LogP contribution in [0.3, 0.4) is 0 Å². The summed E-state index contributed by atoms with van der Waals surface area (Å²) in [5.74, 6) is -0.614. The number of carbonyl (C=O) groups excluding carboxylic acids is 1. The van der Waals surface area contributed by atoms with Crippen molar-refractivity contribution in [1.82, 2.24) is 4.90 Å². The molecular formula is C14H15F3N2O2. The van der Waals surface area contributed by atoms with E-state index in [-0.39, 0.29) is 23.3 Å². The number of ether oxygens (including phenoxy) is 1. The monoisotopic (exact) mass is 300 g/mol. The molecule has 0 saturated carbocycles. The smallest absolute Gasteiger partial charge is 0.405 e. The average molecular weight is 300 g/mol. The molecule has 1 aliphatic rings. The highest BCUT2D eigenvalue weighted by molar-refractivity contribution is 5.92. The summed E-state index contributed by atoms with van der Waals surface area (Å²) in [4.78, 5) is 13.4. The highest BCUT2D eigenvalue weighted by atomic mass is 19.4. The van der Waals surface area contributed by atoms with Gasteiger partial charge in [-0.25, -0.2) is 0 Å². The molecule has 1 aromatic rings. The first kappa shape index (κ1) is 15.4. The van der Waals surface area contributed by atoms with Crippen molar-refractivity contribution < 1.29 is 22.7 Å². The first-order valence-corrected chi connectivity index (χ1v) is 6.42. The van der Waals surface area contributed by atoms with Crippen molar-refractivity contribution in [1.29, 1.82) is 0 Å². The van der Waals surface area contributed by atoms with E-state index in [2.05, 4.69) is 4.74 Å². The van der Waals surface area contributed by atoms with Crippen molar-refractivity contribution >= 4 is 12.0 Å². The zero-order valence-corrected chi connectivity index (χ0v) is 11.1. The van der Waals surface area contributed by atoms with Crippen molar-refractivity contribution in [2.24, 2.45) is 5.73 Å². The molecule has 1 amide bonds. The van der Waals surface area contributed by atoms with Gasteiger partial charge in [-0.05, 0) is 18.6 Å². The van der Waals surface area contributed by atoms with Crippen molar-refractivity contribution in [3.63, 3.8) is 0 Å². The normalized spacial score (nSPS) is 19.2. The largest absolute Gasteiger partial charge is 0.573 e. The standard InChI is InChI=1S/C14H15F3N2O2/c15-14(16,17)21-12-4-2-1-3-10(12)5-6-13(20)19-8-7-11(18)9-19/h1-6,11H,7-9,18H2/t11-/m1/s1. The third kappa shape index (κ3) is 4.49. The molecule has 1 atom stereocenters. The van der Waals surface area contributed by atoms with Crippen LogP contribution in [0.2, 0.25) is 0 Å². The minimum atomic E-state index is -4.77. The van der Waals surface area contributed by atoms with Gasteiger partial charge in [0.1, 0.15) is 5.75 Å². The number of likely N-dealkylation sites (tertiary alicyclic amines) is 1. The van der Waals surface area contributed by atoms with Gasteiger partial charge in [-0.15, -0.1) is 13.2 Å². The summed E-state index contributed by atoms with van der Waals surface area (Å²) < 4.78 is 40.7. The number of para-hydroxylation sites is 1. The predicted octanol–water partition coefficient (Wildman–Crippen LogP) is 2.16. The molecule has 0 spiro atoms. The quantitative estimate of drug-likeness (QED) is 0.870. The van der Waals surface area contributed by atoms with E-state index in [1.165, 1.54) is 30.4 Å². The van der Waals surface area contributed by atoms with E-state index in [1.807, 2.05) is 0 Å². The number of benzene rings is 1. The van der Waals surface area contributed by atoms with Gasteiger partial charge in [0.25, 0.3) is 0 Å². The van der Waals surface area contributed by atoms with Gasteiger partial charge in [-0.1, -0.05) is 18.2 Å². The average Bonchev–Trinajstić information content (AvgIpc) is 2.82. The highest BCUT2D eigenvalue weighted by Crippen LogP contribution is 2.27. The number of amides is 1. The molecule has 0 aromatic heterocycles. The molecule has 2 N–H and O–H groups in total. The van der Waals surface area contributed by atoms with E-state index >= 15 is 0 Å². The van der Waals surface area contributed by atoms with Crippen LogP contribution in [-0.4, -0.2) is 36.3 Å². The molecule has 1 aromatic carbocycles. The molecule has 21 heavy (non-hydrogen) atoms. The van der Waals surface area contributed by atoms with Gasteiger partial charge >= 0.3 is 6.36 Å². The first-order valence-electron chi connectivity index (χ1n) is 6.42. The number of halogens is 3. The molecule has 4 nitrogen and oxygen atoms in total. The molecule has 7 heteroatoms. The van der Waals surface area contributed by atoms with E-state index in [4.69, 9.17) is 5.73 Å². The SMILES string of the molecule is N[C@@H]1CCN(C(=O)C=Cc2ccccc2OC(F)(F)F)C1. The fourth-order valence-corrected chi connectivity index (χ4v) is 2.09. The first-order chi connectivity index (χ1) is 9.85. The second-order valence-electron chi connectivity index (χ2n) is 4.75. The second kappa shape index (κ2) is 6.17. The molecule has 1 aliphatic heterocycles. The Morgan fingerprint density at radius 1 is 1.38 bits per heavy atom. The van der Waals surface area contributed by atoms with Crippen LogP contribution in [-0.2, 0) is 4.79 Å². The Kier molecular flexibility index (Phi) is 4.52. The van der Waals surface area contributed by atoms with Gasteiger partial charge in [0.15, 0.2) is 0 Å². The van der Waals surface area contributed by atoms with Crippen molar-refractivity contribution in [2.45, 2.75) is 18.8 Å². The van der Waals surface area contributed by atoms with Crippen LogP contribution >= 0.6 is 0 Å². The number of hydrogen-bond donors (Lipinski definition) is 1. The van der Waals surface area contributed by atoms with E-state index in [0.717, 1.165) is 6.42 Å². The maximum atomic E-state index is 12.3. The van der Waals surface area contributed by atoms with E-state index in [1.54, 1.807) is 11.0 Å². The number of alkyl halides is 3. The maximum Gasteiger partial charge on any atom is 0.573 e. The number of carbonyl (C=O) groups is 1. The van der Waals surface area contributed by atoms with Gasteiger partial charge in [0.05, 0.1) is 0 Å². The summed E-state index contributed by atoms with van der Waals surface area (Å²) in [7, 11) is 0. The lowest BCUT2D eigenvalue weighted by Crippen LogP contribution is -2.30.